The maximum absolute atomic E-state index is 12.6. The van der Waals surface area contributed by atoms with Crippen molar-refractivity contribution in [2.45, 2.75) is 12.5 Å². The summed E-state index contributed by atoms with van der Waals surface area (Å²) in [5, 5.41) is 19.6. The van der Waals surface area contributed by atoms with E-state index < -0.39 is 23.7 Å². The number of aliphatic hydroxyl groups excluding tert-OH is 1. The molecule has 1 aromatic rings. The minimum atomic E-state index is -1.23. The third-order valence-electron chi connectivity index (χ3n) is 2.13. The lowest BCUT2D eigenvalue weighted by Gasteiger charge is -2.12. The Balaban J connectivity index is 2.70. The molecule has 0 radical (unpaired) electrons. The van der Waals surface area contributed by atoms with Gasteiger partial charge in [-0.3, -0.25) is 4.79 Å². The molecular formula is C11H12FNO4. The van der Waals surface area contributed by atoms with Gasteiger partial charge in [0.25, 0.3) is 5.91 Å². The maximum Gasteiger partial charge on any atom is 0.326 e. The highest BCUT2D eigenvalue weighted by Crippen LogP contribution is 2.03. The van der Waals surface area contributed by atoms with Crippen LogP contribution in [0, 0.1) is 5.82 Å². The highest BCUT2D eigenvalue weighted by molar-refractivity contribution is 5.96. The number of aliphatic carboxylic acids is 1. The van der Waals surface area contributed by atoms with Crippen LogP contribution in [-0.2, 0) is 4.79 Å². The molecule has 17 heavy (non-hydrogen) atoms. The van der Waals surface area contributed by atoms with Gasteiger partial charge in [-0.1, -0.05) is 0 Å². The van der Waals surface area contributed by atoms with E-state index in [1.165, 1.54) is 12.1 Å². The minimum Gasteiger partial charge on any atom is -0.480 e. The number of rotatable bonds is 5. The lowest BCUT2D eigenvalue weighted by atomic mass is 10.1. The van der Waals surface area contributed by atoms with Crippen LogP contribution in [0.4, 0.5) is 4.39 Å². The van der Waals surface area contributed by atoms with Gasteiger partial charge >= 0.3 is 5.97 Å². The molecule has 0 fully saturated rings. The maximum atomic E-state index is 12.6. The number of hydrogen-bond acceptors (Lipinski definition) is 3. The lowest BCUT2D eigenvalue weighted by Crippen LogP contribution is -2.41. The zero-order valence-corrected chi connectivity index (χ0v) is 8.89. The predicted octanol–water partition coefficient (Wildman–Crippen LogP) is 0.391. The SMILES string of the molecule is O=C(N[C@@H](CCO)C(=O)O)c1ccc(F)cc1. The van der Waals surface area contributed by atoms with Crippen LogP contribution in [0.1, 0.15) is 16.8 Å². The second-order valence-electron chi connectivity index (χ2n) is 3.38. The quantitative estimate of drug-likeness (QED) is 0.696. The number of nitrogens with one attached hydrogen (secondary N) is 1. The molecule has 0 unspecified atom stereocenters. The van der Waals surface area contributed by atoms with Gasteiger partial charge < -0.3 is 15.5 Å². The van der Waals surface area contributed by atoms with E-state index in [0.717, 1.165) is 12.1 Å². The molecule has 0 aliphatic rings. The van der Waals surface area contributed by atoms with Crippen LogP contribution in [0.25, 0.3) is 0 Å². The molecule has 0 heterocycles. The molecule has 0 spiro atoms. The Kier molecular flexibility index (Phi) is 4.59. The number of aliphatic hydroxyl groups is 1. The molecule has 1 rings (SSSR count). The number of carbonyl (C=O) groups is 2. The van der Waals surface area contributed by atoms with Crippen molar-refractivity contribution in [3.63, 3.8) is 0 Å². The van der Waals surface area contributed by atoms with Crippen molar-refractivity contribution < 1.29 is 24.2 Å². The Morgan fingerprint density at radius 3 is 2.35 bits per heavy atom. The average molecular weight is 241 g/mol. The molecule has 0 aliphatic heterocycles. The molecule has 1 atom stereocenters. The number of hydrogen-bond donors (Lipinski definition) is 3. The number of carbonyl (C=O) groups excluding carboxylic acids is 1. The molecule has 1 aromatic carbocycles. The zero-order chi connectivity index (χ0) is 12.8. The molecule has 0 bridgehead atoms. The number of carboxylic acid groups (broad SMARTS) is 1. The normalized spacial score (nSPS) is 11.9. The van der Waals surface area contributed by atoms with Crippen LogP contribution in [0.15, 0.2) is 24.3 Å². The summed E-state index contributed by atoms with van der Waals surface area (Å²) in [5.41, 5.74) is 0.163. The Labute approximate surface area is 96.9 Å². The van der Waals surface area contributed by atoms with E-state index in [1.54, 1.807) is 0 Å². The monoisotopic (exact) mass is 241 g/mol. The Morgan fingerprint density at radius 1 is 1.29 bits per heavy atom. The highest BCUT2D eigenvalue weighted by Gasteiger charge is 2.19. The smallest absolute Gasteiger partial charge is 0.326 e. The van der Waals surface area contributed by atoms with Crippen molar-refractivity contribution in [1.29, 1.82) is 0 Å². The minimum absolute atomic E-state index is 0.0811. The van der Waals surface area contributed by atoms with Crippen LogP contribution in [0.3, 0.4) is 0 Å². The topological polar surface area (TPSA) is 86.6 Å². The van der Waals surface area contributed by atoms with Crippen molar-refractivity contribution in [2.75, 3.05) is 6.61 Å². The van der Waals surface area contributed by atoms with Crippen LogP contribution >= 0.6 is 0 Å². The first kappa shape index (κ1) is 13.1. The molecular weight excluding hydrogens is 229 g/mol. The van der Waals surface area contributed by atoms with E-state index in [1.807, 2.05) is 0 Å². The van der Waals surface area contributed by atoms with E-state index in [-0.39, 0.29) is 18.6 Å². The Bertz CT molecular complexity index is 404. The van der Waals surface area contributed by atoms with Gasteiger partial charge in [-0.2, -0.15) is 0 Å². The fourth-order valence-electron chi connectivity index (χ4n) is 1.23. The molecule has 1 amide bonds. The Morgan fingerprint density at radius 2 is 1.88 bits per heavy atom. The van der Waals surface area contributed by atoms with Crippen LogP contribution < -0.4 is 5.32 Å². The van der Waals surface area contributed by atoms with Gasteiger partial charge in [0.2, 0.25) is 0 Å². The summed E-state index contributed by atoms with van der Waals surface area (Å²) < 4.78 is 12.6. The first-order valence-corrected chi connectivity index (χ1v) is 4.94. The van der Waals surface area contributed by atoms with E-state index >= 15 is 0 Å². The Hall–Kier alpha value is -1.95. The number of benzene rings is 1. The summed E-state index contributed by atoms with van der Waals surface area (Å²) in [7, 11) is 0. The second-order valence-corrected chi connectivity index (χ2v) is 3.38. The van der Waals surface area contributed by atoms with Gasteiger partial charge in [-0.15, -0.1) is 0 Å². The standard InChI is InChI=1S/C11H12FNO4/c12-8-3-1-7(2-4-8)10(15)13-9(5-6-14)11(16)17/h1-4,9,14H,5-6H2,(H,13,15)(H,16,17)/t9-/m0/s1. The fourth-order valence-corrected chi connectivity index (χ4v) is 1.23. The third kappa shape index (κ3) is 3.84. The third-order valence-corrected chi connectivity index (χ3v) is 2.13. The summed E-state index contributed by atoms with van der Waals surface area (Å²) in [5.74, 6) is -2.33. The average Bonchev–Trinajstić information content (AvgIpc) is 2.29. The molecule has 3 N–H and O–H groups in total. The highest BCUT2D eigenvalue weighted by atomic mass is 19.1. The van der Waals surface area contributed by atoms with Gasteiger partial charge in [-0.25, -0.2) is 9.18 Å². The van der Waals surface area contributed by atoms with Crippen LogP contribution in [0.2, 0.25) is 0 Å². The van der Waals surface area contributed by atoms with E-state index in [4.69, 9.17) is 10.2 Å². The molecule has 5 nitrogen and oxygen atoms in total. The number of amides is 1. The summed E-state index contributed by atoms with van der Waals surface area (Å²) >= 11 is 0. The van der Waals surface area contributed by atoms with Crippen molar-refractivity contribution in [1.82, 2.24) is 5.32 Å². The van der Waals surface area contributed by atoms with Gasteiger partial charge in [0.05, 0.1) is 0 Å². The van der Waals surface area contributed by atoms with E-state index in [2.05, 4.69) is 5.32 Å². The zero-order valence-electron chi connectivity index (χ0n) is 8.89. The van der Waals surface area contributed by atoms with Crippen molar-refractivity contribution >= 4 is 11.9 Å². The van der Waals surface area contributed by atoms with E-state index in [9.17, 15) is 14.0 Å². The molecule has 0 saturated heterocycles. The summed E-state index contributed by atoms with van der Waals surface area (Å²) in [4.78, 5) is 22.3. The number of carboxylic acids is 1. The van der Waals surface area contributed by atoms with Crippen molar-refractivity contribution in [2.24, 2.45) is 0 Å². The summed E-state index contributed by atoms with van der Waals surface area (Å²) in [6.45, 7) is -0.347. The predicted molar refractivity (Wildman–Crippen MR) is 57.0 cm³/mol. The van der Waals surface area contributed by atoms with Crippen molar-refractivity contribution in [3.8, 4) is 0 Å². The van der Waals surface area contributed by atoms with E-state index in [0.29, 0.717) is 0 Å². The van der Waals surface area contributed by atoms with Gasteiger partial charge in [0, 0.05) is 18.6 Å². The van der Waals surface area contributed by atoms with Crippen LogP contribution in [0.5, 0.6) is 0 Å². The molecule has 0 aromatic heterocycles. The lowest BCUT2D eigenvalue weighted by molar-refractivity contribution is -0.139. The van der Waals surface area contributed by atoms with Gasteiger partial charge in [0.1, 0.15) is 11.9 Å². The van der Waals surface area contributed by atoms with Gasteiger partial charge in [-0.05, 0) is 24.3 Å². The second kappa shape index (κ2) is 5.95. The molecule has 92 valence electrons. The van der Waals surface area contributed by atoms with Crippen LogP contribution in [-0.4, -0.2) is 34.7 Å². The molecule has 0 aliphatic carbocycles. The van der Waals surface area contributed by atoms with Gasteiger partial charge in [0.15, 0.2) is 0 Å². The summed E-state index contributed by atoms with van der Waals surface area (Å²) in [6.07, 6.45) is -0.0811. The number of halogens is 1. The largest absolute Gasteiger partial charge is 0.480 e. The molecule has 6 heteroatoms. The first-order chi connectivity index (χ1) is 8.04. The first-order valence-electron chi connectivity index (χ1n) is 4.94. The molecule has 0 saturated carbocycles. The summed E-state index contributed by atoms with van der Waals surface area (Å²) in [6, 6.07) is 3.57. The van der Waals surface area contributed by atoms with Crippen molar-refractivity contribution in [3.05, 3.63) is 35.6 Å². The fraction of sp³-hybridized carbons (Fsp3) is 0.273.